The molecule has 39 heavy (non-hydrogen) atoms. The van der Waals surface area contributed by atoms with Crippen LogP contribution in [0.1, 0.15) is 68.9 Å². The van der Waals surface area contributed by atoms with E-state index in [9.17, 15) is 22.0 Å². The minimum atomic E-state index is -3.42. The number of aromatic nitrogens is 2. The first-order chi connectivity index (χ1) is 18.4. The highest BCUT2D eigenvalue weighted by Gasteiger charge is 2.48. The van der Waals surface area contributed by atoms with E-state index in [0.717, 1.165) is 36.0 Å². The molecule has 1 N–H and O–H groups in total. The Kier molecular flexibility index (Phi) is 6.50. The lowest BCUT2D eigenvalue weighted by molar-refractivity contribution is -0.0580. The predicted octanol–water partition coefficient (Wildman–Crippen LogP) is 3.50. The minimum absolute atomic E-state index is 0.0572. The van der Waals surface area contributed by atoms with E-state index in [2.05, 4.69) is 15.3 Å². The SMILES string of the molecule is CC(C)(C)OC(=O)N[C@H]1C[C@@H](N2CC3Cc4c(cnn4S(=O)(=O)C4CC4)C3C2)CO[C@@H]1c1cc(F)ccc1F. The van der Waals surface area contributed by atoms with Crippen LogP contribution in [0.15, 0.2) is 24.4 Å². The molecule has 0 spiro atoms. The van der Waals surface area contributed by atoms with E-state index in [1.54, 1.807) is 27.0 Å². The van der Waals surface area contributed by atoms with Gasteiger partial charge in [0.05, 0.1) is 29.8 Å². The van der Waals surface area contributed by atoms with Gasteiger partial charge in [-0.1, -0.05) is 0 Å². The number of ether oxygens (including phenoxy) is 2. The van der Waals surface area contributed by atoms with Gasteiger partial charge in [-0.3, -0.25) is 4.90 Å². The fourth-order valence-corrected chi connectivity index (χ4v) is 7.99. The molecule has 12 heteroatoms. The molecule has 9 nitrogen and oxygen atoms in total. The maximum atomic E-state index is 14.7. The molecule has 1 aromatic carbocycles. The van der Waals surface area contributed by atoms with Gasteiger partial charge in [-0.05, 0) is 76.1 Å². The molecule has 2 unspecified atom stereocenters. The van der Waals surface area contributed by atoms with E-state index in [4.69, 9.17) is 9.47 Å². The van der Waals surface area contributed by atoms with Crippen molar-refractivity contribution in [3.63, 3.8) is 0 Å². The molecule has 2 aliphatic heterocycles. The van der Waals surface area contributed by atoms with Crippen molar-refractivity contribution in [2.24, 2.45) is 5.92 Å². The van der Waals surface area contributed by atoms with Gasteiger partial charge in [-0.2, -0.15) is 9.19 Å². The van der Waals surface area contributed by atoms with Gasteiger partial charge < -0.3 is 14.8 Å². The van der Waals surface area contributed by atoms with Crippen LogP contribution in [0.3, 0.4) is 0 Å². The summed E-state index contributed by atoms with van der Waals surface area (Å²) in [5.41, 5.74) is 1.14. The maximum absolute atomic E-state index is 14.7. The maximum Gasteiger partial charge on any atom is 0.407 e. The van der Waals surface area contributed by atoms with Crippen molar-refractivity contribution in [2.45, 2.75) is 81.4 Å². The van der Waals surface area contributed by atoms with E-state index < -0.39 is 45.5 Å². The van der Waals surface area contributed by atoms with E-state index in [1.165, 1.54) is 4.09 Å². The van der Waals surface area contributed by atoms with Crippen molar-refractivity contribution in [3.8, 4) is 0 Å². The number of likely N-dealkylation sites (tertiary alicyclic amines) is 1. The highest BCUT2D eigenvalue weighted by molar-refractivity contribution is 7.90. The molecule has 2 aromatic rings. The smallest absolute Gasteiger partial charge is 0.407 e. The Morgan fingerprint density at radius 2 is 1.95 bits per heavy atom. The molecule has 1 saturated carbocycles. The van der Waals surface area contributed by atoms with Crippen LogP contribution in [0, 0.1) is 17.6 Å². The summed E-state index contributed by atoms with van der Waals surface area (Å²) in [4.78, 5) is 15.0. The average molecular weight is 565 g/mol. The van der Waals surface area contributed by atoms with Crippen molar-refractivity contribution in [3.05, 3.63) is 52.9 Å². The summed E-state index contributed by atoms with van der Waals surface area (Å²) < 4.78 is 67.2. The minimum Gasteiger partial charge on any atom is -0.444 e. The van der Waals surface area contributed by atoms with Crippen LogP contribution >= 0.6 is 0 Å². The van der Waals surface area contributed by atoms with Crippen LogP contribution < -0.4 is 5.32 Å². The largest absolute Gasteiger partial charge is 0.444 e. The number of carbonyl (C=O) groups is 1. The third-order valence-corrected chi connectivity index (χ3v) is 10.3. The lowest BCUT2D eigenvalue weighted by atomic mass is 9.92. The molecule has 5 atom stereocenters. The lowest BCUT2D eigenvalue weighted by Gasteiger charge is -2.40. The van der Waals surface area contributed by atoms with Crippen LogP contribution in [-0.2, 0) is 25.9 Å². The Morgan fingerprint density at radius 1 is 1.18 bits per heavy atom. The number of amides is 1. The zero-order valence-corrected chi connectivity index (χ0v) is 23.1. The molecule has 3 fully saturated rings. The molecule has 0 bridgehead atoms. The molecule has 0 radical (unpaired) electrons. The topological polar surface area (TPSA) is 103 Å². The first-order valence-electron chi connectivity index (χ1n) is 13.5. The Hall–Kier alpha value is -2.57. The normalized spacial score (nSPS) is 29.2. The van der Waals surface area contributed by atoms with Gasteiger partial charge >= 0.3 is 6.09 Å². The van der Waals surface area contributed by atoms with Crippen molar-refractivity contribution >= 4 is 16.1 Å². The lowest BCUT2D eigenvalue weighted by Crippen LogP contribution is -2.52. The van der Waals surface area contributed by atoms with Crippen molar-refractivity contribution in [1.29, 1.82) is 0 Å². The number of fused-ring (bicyclic) bond motifs is 3. The van der Waals surface area contributed by atoms with Crippen molar-refractivity contribution in [1.82, 2.24) is 19.4 Å². The van der Waals surface area contributed by atoms with Crippen LogP contribution in [-0.4, -0.2) is 71.2 Å². The van der Waals surface area contributed by atoms with Gasteiger partial charge in [0.2, 0.25) is 0 Å². The second kappa shape index (κ2) is 9.52. The highest BCUT2D eigenvalue weighted by Crippen LogP contribution is 2.46. The molecule has 6 rings (SSSR count). The van der Waals surface area contributed by atoms with Gasteiger partial charge in [-0.15, -0.1) is 0 Å². The van der Waals surface area contributed by atoms with Crippen LogP contribution in [0.5, 0.6) is 0 Å². The molecule has 212 valence electrons. The Morgan fingerprint density at radius 3 is 2.67 bits per heavy atom. The summed E-state index contributed by atoms with van der Waals surface area (Å²) in [7, 11) is -3.42. The van der Waals surface area contributed by atoms with Crippen LogP contribution in [0.2, 0.25) is 0 Å². The molecular formula is C27H34F2N4O5S. The van der Waals surface area contributed by atoms with Gasteiger partial charge in [-0.25, -0.2) is 22.0 Å². The monoisotopic (exact) mass is 564 g/mol. The second-order valence-corrected chi connectivity index (χ2v) is 14.3. The first kappa shape index (κ1) is 26.6. The number of halogens is 2. The Bertz CT molecular complexity index is 1390. The molecule has 1 amide bonds. The van der Waals surface area contributed by atoms with E-state index in [0.29, 0.717) is 32.2 Å². The summed E-state index contributed by atoms with van der Waals surface area (Å²) in [5.74, 6) is -0.758. The van der Waals surface area contributed by atoms with Gasteiger partial charge in [0, 0.05) is 30.6 Å². The molecule has 2 saturated heterocycles. The Balaban J connectivity index is 1.19. The van der Waals surface area contributed by atoms with E-state index in [-0.39, 0.29) is 35.3 Å². The van der Waals surface area contributed by atoms with E-state index >= 15 is 0 Å². The number of nitrogens with zero attached hydrogens (tertiary/aromatic N) is 3. The van der Waals surface area contributed by atoms with Gasteiger partial charge in [0.25, 0.3) is 10.0 Å². The third kappa shape index (κ3) is 5.06. The highest BCUT2D eigenvalue weighted by atomic mass is 32.2. The standard InChI is InChI=1S/C27H34F2N4O5S/c1-27(2,3)38-26(34)31-23-10-17(14-37-25(23)19-9-16(28)4-7-22(19)29)32-12-15-8-24-20(21(15)13-32)11-30-33(24)39(35,36)18-5-6-18/h4,7,9,11,15,17-18,21,23,25H,5-6,8,10,12-14H2,1-3H3,(H,31,34)/t15?,17-,21?,23+,25-/m1/s1. The second-order valence-electron chi connectivity index (χ2n) is 12.2. The number of hydrogen-bond donors (Lipinski definition) is 1. The van der Waals surface area contributed by atoms with E-state index in [1.807, 2.05) is 0 Å². The number of hydrogen-bond acceptors (Lipinski definition) is 7. The quantitative estimate of drug-likeness (QED) is 0.593. The summed E-state index contributed by atoms with van der Waals surface area (Å²) in [6.45, 7) is 7.01. The summed E-state index contributed by atoms with van der Waals surface area (Å²) in [6, 6.07) is 2.51. The first-order valence-corrected chi connectivity index (χ1v) is 15.0. The zero-order valence-electron chi connectivity index (χ0n) is 22.3. The molecule has 2 aliphatic carbocycles. The number of nitrogens with one attached hydrogen (secondary N) is 1. The molecule has 1 aromatic heterocycles. The van der Waals surface area contributed by atoms with Crippen molar-refractivity contribution in [2.75, 3.05) is 19.7 Å². The molecule has 3 heterocycles. The fourth-order valence-electron chi connectivity index (χ4n) is 6.31. The zero-order chi connectivity index (χ0) is 27.7. The number of carbonyl (C=O) groups excluding carboxylic acids is 1. The summed E-state index contributed by atoms with van der Waals surface area (Å²) >= 11 is 0. The molecular weight excluding hydrogens is 530 g/mol. The van der Waals surface area contributed by atoms with Crippen LogP contribution in [0.25, 0.3) is 0 Å². The average Bonchev–Trinajstić information content (AvgIpc) is 3.39. The molecule has 4 aliphatic rings. The van der Waals surface area contributed by atoms with Crippen molar-refractivity contribution < 1.29 is 31.5 Å². The number of alkyl carbamates (subject to hydrolysis) is 1. The van der Waals surface area contributed by atoms with Gasteiger partial charge in [0.15, 0.2) is 0 Å². The number of rotatable bonds is 5. The van der Waals surface area contributed by atoms with Crippen LogP contribution in [0.4, 0.5) is 13.6 Å². The summed E-state index contributed by atoms with van der Waals surface area (Å²) in [5, 5.41) is 6.79. The Labute approximate surface area is 226 Å². The number of benzene rings is 1. The predicted molar refractivity (Wildman–Crippen MR) is 138 cm³/mol. The summed E-state index contributed by atoms with van der Waals surface area (Å²) in [6.07, 6.45) is 2.68. The van der Waals surface area contributed by atoms with Gasteiger partial charge in [0.1, 0.15) is 23.3 Å². The third-order valence-electron chi connectivity index (χ3n) is 8.22. The fraction of sp³-hybridized carbons (Fsp3) is 0.630.